The standard InChI is InChI=1S/C19H20BrFN10/c1-10(17-23-9-24-29-17)25-18-13-5-6-14(20)15(21)16(13)26-19(27-18)22-7-11-8-31(30-28-11)12-3-2-4-12/h5-6,8-10,12H,2-4,7H2,1H3,(H,23,24,29)(H2,22,25,26,27). The van der Waals surface area contributed by atoms with Gasteiger partial charge in [-0.1, -0.05) is 5.21 Å². The van der Waals surface area contributed by atoms with Gasteiger partial charge in [0.15, 0.2) is 5.82 Å². The molecule has 3 N–H and O–H groups in total. The quantitative estimate of drug-likeness (QED) is 0.360. The summed E-state index contributed by atoms with van der Waals surface area (Å²) < 4.78 is 17.1. The Hall–Kier alpha value is -3.15. The molecule has 4 aromatic rings. The van der Waals surface area contributed by atoms with Crippen LogP contribution in [0.15, 0.2) is 29.1 Å². The first-order valence-corrected chi connectivity index (χ1v) is 10.8. The third-order valence-corrected chi connectivity index (χ3v) is 6.00. The molecule has 1 aromatic carbocycles. The molecule has 0 amide bonds. The van der Waals surface area contributed by atoms with Crippen LogP contribution in [0.4, 0.5) is 16.2 Å². The average Bonchev–Trinajstić information content (AvgIpc) is 3.41. The lowest BCUT2D eigenvalue weighted by atomic mass is 9.93. The van der Waals surface area contributed by atoms with E-state index in [1.54, 1.807) is 12.1 Å². The maximum atomic E-state index is 14.8. The topological polar surface area (TPSA) is 122 Å². The van der Waals surface area contributed by atoms with E-state index >= 15 is 0 Å². The average molecular weight is 487 g/mol. The summed E-state index contributed by atoms with van der Waals surface area (Å²) >= 11 is 3.23. The van der Waals surface area contributed by atoms with E-state index in [2.05, 4.69) is 62.0 Å². The van der Waals surface area contributed by atoms with Gasteiger partial charge in [-0.05, 0) is 54.2 Å². The third-order valence-electron chi connectivity index (χ3n) is 5.39. The fourth-order valence-electron chi connectivity index (χ4n) is 3.42. The lowest BCUT2D eigenvalue weighted by molar-refractivity contribution is 0.284. The van der Waals surface area contributed by atoms with E-state index in [0.717, 1.165) is 18.5 Å². The summed E-state index contributed by atoms with van der Waals surface area (Å²) in [7, 11) is 0. The van der Waals surface area contributed by atoms with Crippen molar-refractivity contribution in [1.29, 1.82) is 0 Å². The third kappa shape index (κ3) is 3.94. The van der Waals surface area contributed by atoms with E-state index < -0.39 is 5.82 Å². The van der Waals surface area contributed by atoms with Crippen molar-refractivity contribution < 1.29 is 4.39 Å². The molecule has 1 aliphatic carbocycles. The first-order valence-electron chi connectivity index (χ1n) is 10.0. The van der Waals surface area contributed by atoms with Gasteiger partial charge in [0.1, 0.15) is 29.2 Å². The smallest absolute Gasteiger partial charge is 0.225 e. The molecule has 160 valence electrons. The fourth-order valence-corrected chi connectivity index (χ4v) is 3.74. The highest BCUT2D eigenvalue weighted by molar-refractivity contribution is 9.10. The monoisotopic (exact) mass is 486 g/mol. The van der Waals surface area contributed by atoms with Crippen LogP contribution >= 0.6 is 15.9 Å². The Labute approximate surface area is 185 Å². The number of aromatic amines is 1. The van der Waals surface area contributed by atoms with E-state index in [1.807, 2.05) is 17.8 Å². The second-order valence-corrected chi connectivity index (χ2v) is 8.37. The number of hydrogen-bond acceptors (Lipinski definition) is 8. The molecule has 1 unspecified atom stereocenters. The molecule has 0 saturated heterocycles. The van der Waals surface area contributed by atoms with E-state index in [0.29, 0.717) is 34.1 Å². The second kappa shape index (κ2) is 8.17. The minimum atomic E-state index is -0.450. The van der Waals surface area contributed by atoms with Crippen LogP contribution in [0.5, 0.6) is 0 Å². The number of nitrogens with one attached hydrogen (secondary N) is 3. The zero-order valence-corrected chi connectivity index (χ0v) is 18.3. The molecule has 1 aliphatic rings. The summed E-state index contributed by atoms with van der Waals surface area (Å²) in [5.41, 5.74) is 0.979. The number of H-pyrrole nitrogens is 1. The molecule has 0 radical (unpaired) electrons. The molecule has 3 heterocycles. The molecule has 0 spiro atoms. The van der Waals surface area contributed by atoms with Crippen LogP contribution in [-0.2, 0) is 6.54 Å². The number of rotatable bonds is 7. The maximum Gasteiger partial charge on any atom is 0.225 e. The van der Waals surface area contributed by atoms with Crippen LogP contribution in [-0.4, -0.2) is 40.1 Å². The highest BCUT2D eigenvalue weighted by Gasteiger charge is 2.21. The second-order valence-electron chi connectivity index (χ2n) is 7.52. The summed E-state index contributed by atoms with van der Waals surface area (Å²) in [6, 6.07) is 3.63. The molecular weight excluding hydrogens is 467 g/mol. The molecule has 3 aromatic heterocycles. The number of fused-ring (bicyclic) bond motifs is 1. The van der Waals surface area contributed by atoms with Gasteiger partial charge in [-0.15, -0.1) is 5.10 Å². The van der Waals surface area contributed by atoms with Crippen LogP contribution in [0.1, 0.15) is 49.8 Å². The summed E-state index contributed by atoms with van der Waals surface area (Å²) in [6.07, 6.45) is 6.87. The van der Waals surface area contributed by atoms with Gasteiger partial charge in [0.25, 0.3) is 0 Å². The molecular formula is C19H20BrFN10. The summed E-state index contributed by atoms with van der Waals surface area (Å²) in [5, 5.41) is 22.1. The Bertz CT molecular complexity index is 1200. The maximum absolute atomic E-state index is 14.8. The van der Waals surface area contributed by atoms with E-state index in [4.69, 9.17) is 0 Å². The van der Waals surface area contributed by atoms with E-state index in [-0.39, 0.29) is 17.5 Å². The minimum absolute atomic E-state index is 0.206. The lowest BCUT2D eigenvalue weighted by Gasteiger charge is -2.24. The van der Waals surface area contributed by atoms with Crippen LogP contribution in [0.3, 0.4) is 0 Å². The van der Waals surface area contributed by atoms with Crippen LogP contribution in [0.25, 0.3) is 10.9 Å². The van der Waals surface area contributed by atoms with Gasteiger partial charge in [-0.25, -0.2) is 19.0 Å². The van der Waals surface area contributed by atoms with Crippen molar-refractivity contribution in [2.45, 2.75) is 44.8 Å². The first kappa shape index (κ1) is 19.8. The molecule has 5 rings (SSSR count). The van der Waals surface area contributed by atoms with Gasteiger partial charge < -0.3 is 10.6 Å². The molecule has 10 nitrogen and oxygen atoms in total. The summed E-state index contributed by atoms with van der Waals surface area (Å²) in [4.78, 5) is 13.1. The normalized spacial score (nSPS) is 15.1. The molecule has 12 heteroatoms. The number of benzene rings is 1. The highest BCUT2D eigenvalue weighted by atomic mass is 79.9. The van der Waals surface area contributed by atoms with Crippen molar-refractivity contribution >= 4 is 38.6 Å². The van der Waals surface area contributed by atoms with Gasteiger partial charge in [0, 0.05) is 5.39 Å². The van der Waals surface area contributed by atoms with E-state index in [1.165, 1.54) is 12.7 Å². The number of aromatic nitrogens is 8. The molecule has 0 aliphatic heterocycles. The zero-order valence-electron chi connectivity index (χ0n) is 16.7. The Balaban J connectivity index is 1.43. The number of anilines is 2. The fraction of sp³-hybridized carbons (Fsp3) is 0.368. The van der Waals surface area contributed by atoms with Gasteiger partial charge in [0.05, 0.1) is 29.3 Å². The Morgan fingerprint density at radius 1 is 1.32 bits per heavy atom. The molecule has 1 saturated carbocycles. The van der Waals surface area contributed by atoms with Crippen molar-refractivity contribution in [1.82, 2.24) is 40.1 Å². The van der Waals surface area contributed by atoms with Crippen LogP contribution < -0.4 is 10.6 Å². The highest BCUT2D eigenvalue weighted by Crippen LogP contribution is 2.31. The Kier molecular flexibility index (Phi) is 5.22. The number of halogens is 2. The van der Waals surface area contributed by atoms with E-state index in [9.17, 15) is 4.39 Å². The SMILES string of the molecule is CC(Nc1nc(NCc2cn(C3CCC3)nn2)nc2c(F)c(Br)ccc12)c1ncn[nH]1. The van der Waals surface area contributed by atoms with Crippen molar-refractivity contribution in [3.05, 3.63) is 46.5 Å². The van der Waals surface area contributed by atoms with Gasteiger partial charge in [0.2, 0.25) is 5.95 Å². The molecule has 0 bridgehead atoms. The Morgan fingerprint density at radius 3 is 2.94 bits per heavy atom. The minimum Gasteiger partial charge on any atom is -0.360 e. The van der Waals surface area contributed by atoms with Crippen LogP contribution in [0.2, 0.25) is 0 Å². The van der Waals surface area contributed by atoms with Crippen molar-refractivity contribution in [3.63, 3.8) is 0 Å². The van der Waals surface area contributed by atoms with Gasteiger partial charge >= 0.3 is 0 Å². The molecule has 1 atom stereocenters. The van der Waals surface area contributed by atoms with Crippen LogP contribution in [0, 0.1) is 5.82 Å². The largest absolute Gasteiger partial charge is 0.360 e. The zero-order chi connectivity index (χ0) is 21.4. The van der Waals surface area contributed by atoms with Crippen molar-refractivity contribution in [2.24, 2.45) is 0 Å². The predicted octanol–water partition coefficient (Wildman–Crippen LogP) is 3.75. The van der Waals surface area contributed by atoms with Gasteiger partial charge in [-0.2, -0.15) is 10.1 Å². The predicted molar refractivity (Wildman–Crippen MR) is 116 cm³/mol. The van der Waals surface area contributed by atoms with Crippen molar-refractivity contribution in [2.75, 3.05) is 10.6 Å². The number of hydrogen-bond donors (Lipinski definition) is 3. The Morgan fingerprint density at radius 2 is 2.19 bits per heavy atom. The summed E-state index contributed by atoms with van der Waals surface area (Å²) in [5.74, 6) is 0.969. The van der Waals surface area contributed by atoms with Crippen molar-refractivity contribution in [3.8, 4) is 0 Å². The molecule has 31 heavy (non-hydrogen) atoms. The summed E-state index contributed by atoms with van der Waals surface area (Å²) in [6.45, 7) is 2.29. The van der Waals surface area contributed by atoms with Gasteiger partial charge in [-0.3, -0.25) is 5.10 Å². The first-order chi connectivity index (χ1) is 15.1. The lowest BCUT2D eigenvalue weighted by Crippen LogP contribution is -2.17. The molecule has 1 fully saturated rings. The number of nitrogens with zero attached hydrogens (tertiary/aromatic N) is 7.